The molecule has 0 spiro atoms. The Bertz CT molecular complexity index is 1020. The largest absolute Gasteiger partial charge is 0.495 e. The van der Waals surface area contributed by atoms with E-state index in [9.17, 15) is 13.2 Å². The van der Waals surface area contributed by atoms with Crippen LogP contribution in [0, 0.1) is 0 Å². The zero-order valence-corrected chi connectivity index (χ0v) is 20.0. The fourth-order valence-electron chi connectivity index (χ4n) is 4.30. The third kappa shape index (κ3) is 4.92. The number of nitrogens with zero attached hydrogens (tertiary/aromatic N) is 4. The Balaban J connectivity index is 1.55. The smallest absolute Gasteiger partial charge is 0.253 e. The van der Waals surface area contributed by atoms with Gasteiger partial charge in [0.25, 0.3) is 5.91 Å². The lowest BCUT2D eigenvalue weighted by molar-refractivity contribution is 0.0766. The molecule has 2 aromatic rings. The number of aromatic nitrogens is 1. The summed E-state index contributed by atoms with van der Waals surface area (Å²) in [6.07, 6.45) is 6.40. The Morgan fingerprint density at radius 2 is 1.78 bits per heavy atom. The highest BCUT2D eigenvalue weighted by Crippen LogP contribution is 2.30. The van der Waals surface area contributed by atoms with Crippen molar-refractivity contribution in [1.29, 1.82) is 0 Å². The van der Waals surface area contributed by atoms with Crippen LogP contribution in [0.15, 0.2) is 34.7 Å². The van der Waals surface area contributed by atoms with E-state index in [4.69, 9.17) is 4.74 Å². The van der Waals surface area contributed by atoms with Crippen LogP contribution in [-0.4, -0.2) is 74.9 Å². The van der Waals surface area contributed by atoms with Gasteiger partial charge in [0.1, 0.15) is 10.6 Å². The topological polar surface area (TPSA) is 83.0 Å². The van der Waals surface area contributed by atoms with Crippen LogP contribution in [0.1, 0.15) is 42.5 Å². The van der Waals surface area contributed by atoms with E-state index < -0.39 is 10.0 Å². The fourth-order valence-corrected chi connectivity index (χ4v) is 6.69. The van der Waals surface area contributed by atoms with E-state index in [0.29, 0.717) is 38.3 Å². The Hall–Kier alpha value is -2.17. The second-order valence-electron chi connectivity index (χ2n) is 8.13. The van der Waals surface area contributed by atoms with Crippen molar-refractivity contribution in [2.24, 2.45) is 0 Å². The minimum atomic E-state index is -3.74. The van der Waals surface area contributed by atoms with Gasteiger partial charge in [0.05, 0.1) is 7.11 Å². The molecule has 2 aliphatic heterocycles. The predicted octanol–water partition coefficient (Wildman–Crippen LogP) is 3.07. The maximum absolute atomic E-state index is 13.4. The first-order valence-electron chi connectivity index (χ1n) is 11.1. The van der Waals surface area contributed by atoms with E-state index >= 15 is 0 Å². The van der Waals surface area contributed by atoms with E-state index in [-0.39, 0.29) is 16.6 Å². The molecule has 0 radical (unpaired) electrons. The van der Waals surface area contributed by atoms with Gasteiger partial charge < -0.3 is 14.5 Å². The average molecular weight is 479 g/mol. The first-order valence-corrected chi connectivity index (χ1v) is 13.4. The number of benzene rings is 1. The van der Waals surface area contributed by atoms with Crippen molar-refractivity contribution in [2.45, 2.75) is 37.0 Å². The number of carbonyl (C=O) groups is 1. The van der Waals surface area contributed by atoms with Crippen LogP contribution in [-0.2, 0) is 10.0 Å². The van der Waals surface area contributed by atoms with Crippen LogP contribution in [0.25, 0.3) is 0 Å². The summed E-state index contributed by atoms with van der Waals surface area (Å²) in [5.74, 6) is 0.123. The average Bonchev–Trinajstić information content (AvgIpc) is 3.05. The molecular weight excluding hydrogens is 448 g/mol. The molecule has 0 atom stereocenters. The van der Waals surface area contributed by atoms with Gasteiger partial charge >= 0.3 is 0 Å². The van der Waals surface area contributed by atoms with E-state index in [1.54, 1.807) is 34.6 Å². The van der Waals surface area contributed by atoms with Gasteiger partial charge in [-0.1, -0.05) is 12.8 Å². The SMILES string of the molecule is COc1ccc(C(=O)N2CCCN(c3nccs3)CC2)cc1S(=O)(=O)N1CCCCCC1. The van der Waals surface area contributed by atoms with Crippen LogP contribution in [0.2, 0.25) is 0 Å². The van der Waals surface area contributed by atoms with Crippen LogP contribution >= 0.6 is 11.3 Å². The third-order valence-corrected chi connectivity index (χ3v) is 8.82. The highest BCUT2D eigenvalue weighted by atomic mass is 32.2. The second kappa shape index (κ2) is 10.2. The molecule has 1 aromatic heterocycles. The van der Waals surface area contributed by atoms with E-state index in [1.807, 2.05) is 5.38 Å². The lowest BCUT2D eigenvalue weighted by Crippen LogP contribution is -2.35. The summed E-state index contributed by atoms with van der Waals surface area (Å²) < 4.78 is 33.7. The molecule has 0 bridgehead atoms. The van der Waals surface area contributed by atoms with Crippen molar-refractivity contribution in [3.63, 3.8) is 0 Å². The molecule has 32 heavy (non-hydrogen) atoms. The summed E-state index contributed by atoms with van der Waals surface area (Å²) in [6, 6.07) is 4.74. The highest BCUT2D eigenvalue weighted by Gasteiger charge is 2.30. The van der Waals surface area contributed by atoms with Crippen LogP contribution in [0.5, 0.6) is 5.75 Å². The maximum Gasteiger partial charge on any atom is 0.253 e. The highest BCUT2D eigenvalue weighted by molar-refractivity contribution is 7.89. The lowest BCUT2D eigenvalue weighted by Gasteiger charge is -2.24. The Labute approximate surface area is 193 Å². The molecule has 4 rings (SSSR count). The molecule has 2 saturated heterocycles. The normalized spacial score (nSPS) is 18.8. The fraction of sp³-hybridized carbons (Fsp3) is 0.545. The van der Waals surface area contributed by atoms with Crippen LogP contribution in [0.3, 0.4) is 0 Å². The monoisotopic (exact) mass is 478 g/mol. The van der Waals surface area contributed by atoms with Crippen LogP contribution in [0.4, 0.5) is 5.13 Å². The van der Waals surface area contributed by atoms with Crippen molar-refractivity contribution < 1.29 is 17.9 Å². The summed E-state index contributed by atoms with van der Waals surface area (Å²) in [5.41, 5.74) is 0.377. The van der Waals surface area contributed by atoms with Gasteiger partial charge in [-0.3, -0.25) is 4.79 Å². The summed E-state index contributed by atoms with van der Waals surface area (Å²) in [7, 11) is -2.28. The van der Waals surface area contributed by atoms with Gasteiger partial charge in [-0.25, -0.2) is 13.4 Å². The lowest BCUT2D eigenvalue weighted by atomic mass is 10.2. The number of ether oxygens (including phenoxy) is 1. The predicted molar refractivity (Wildman–Crippen MR) is 125 cm³/mol. The summed E-state index contributed by atoms with van der Waals surface area (Å²) >= 11 is 1.59. The number of amides is 1. The molecule has 2 fully saturated rings. The van der Waals surface area contributed by atoms with Crippen molar-refractivity contribution >= 4 is 32.4 Å². The molecule has 8 nitrogen and oxygen atoms in total. The van der Waals surface area contributed by atoms with Gasteiger partial charge in [-0.2, -0.15) is 4.31 Å². The number of rotatable bonds is 5. The molecule has 2 aliphatic rings. The van der Waals surface area contributed by atoms with E-state index in [2.05, 4.69) is 9.88 Å². The first-order chi connectivity index (χ1) is 15.5. The molecular formula is C22H30N4O4S2. The Kier molecular flexibility index (Phi) is 7.32. The summed E-state index contributed by atoms with van der Waals surface area (Å²) in [5, 5.41) is 2.92. The Morgan fingerprint density at radius 3 is 2.47 bits per heavy atom. The minimum absolute atomic E-state index is 0.0759. The molecule has 0 aliphatic carbocycles. The quantitative estimate of drug-likeness (QED) is 0.657. The van der Waals surface area contributed by atoms with Gasteiger partial charge in [0.2, 0.25) is 10.0 Å². The standard InChI is InChI=1S/C22H30N4O4S2/c1-30-19-8-7-18(17-20(19)32(28,29)26-12-4-2-3-5-13-26)21(27)24-10-6-11-25(15-14-24)22-23-9-16-31-22/h7-9,16-17H,2-6,10-15H2,1H3. The number of carbonyl (C=O) groups excluding carboxylic acids is 1. The second-order valence-corrected chi connectivity index (χ2v) is 10.9. The van der Waals surface area contributed by atoms with Crippen molar-refractivity contribution in [1.82, 2.24) is 14.2 Å². The van der Waals surface area contributed by atoms with Crippen molar-refractivity contribution in [3.8, 4) is 5.75 Å². The van der Waals surface area contributed by atoms with Gasteiger partial charge in [-0.05, 0) is 37.5 Å². The Morgan fingerprint density at radius 1 is 1.00 bits per heavy atom. The minimum Gasteiger partial charge on any atom is -0.495 e. The number of methoxy groups -OCH3 is 1. The van der Waals surface area contributed by atoms with Gasteiger partial charge in [0.15, 0.2) is 5.13 Å². The molecule has 0 saturated carbocycles. The first kappa shape index (κ1) is 23.0. The van der Waals surface area contributed by atoms with Crippen molar-refractivity contribution in [2.75, 3.05) is 51.3 Å². The van der Waals surface area contributed by atoms with Crippen LogP contribution < -0.4 is 9.64 Å². The number of thiazole rings is 1. The molecule has 3 heterocycles. The number of hydrogen-bond donors (Lipinski definition) is 0. The molecule has 0 N–H and O–H groups in total. The zero-order valence-electron chi connectivity index (χ0n) is 18.4. The van der Waals surface area contributed by atoms with Crippen molar-refractivity contribution in [3.05, 3.63) is 35.3 Å². The molecule has 174 valence electrons. The van der Waals surface area contributed by atoms with Gasteiger partial charge in [-0.15, -0.1) is 11.3 Å². The third-order valence-electron chi connectivity index (χ3n) is 6.07. The molecule has 10 heteroatoms. The number of anilines is 1. The summed E-state index contributed by atoms with van der Waals surface area (Å²) in [6.45, 7) is 3.74. The van der Waals surface area contributed by atoms with E-state index in [0.717, 1.165) is 43.8 Å². The van der Waals surface area contributed by atoms with E-state index in [1.165, 1.54) is 17.5 Å². The maximum atomic E-state index is 13.4. The number of sulfonamides is 1. The number of hydrogen-bond acceptors (Lipinski definition) is 7. The zero-order chi connectivity index (χ0) is 22.6. The molecule has 0 unspecified atom stereocenters. The molecule has 1 amide bonds. The van der Waals surface area contributed by atoms with Gasteiger partial charge in [0, 0.05) is 56.4 Å². The molecule has 1 aromatic carbocycles. The summed E-state index contributed by atoms with van der Waals surface area (Å²) in [4.78, 5) is 21.7.